The second kappa shape index (κ2) is 11.5. The molecular weight excluding hydrogens is 452 g/mol. The van der Waals surface area contributed by atoms with E-state index in [1.807, 2.05) is 0 Å². The zero-order chi connectivity index (χ0) is 24.6. The van der Waals surface area contributed by atoms with Crippen LogP contribution in [0.25, 0.3) is 0 Å². The fourth-order valence-electron chi connectivity index (χ4n) is 10.3. The molecule has 5 nitrogen and oxygen atoms in total. The van der Waals surface area contributed by atoms with Gasteiger partial charge in [0.15, 0.2) is 0 Å². The highest BCUT2D eigenvalue weighted by Gasteiger charge is 2.53. The molecule has 6 fully saturated rings. The van der Waals surface area contributed by atoms with Crippen molar-refractivity contribution in [3.63, 3.8) is 0 Å². The summed E-state index contributed by atoms with van der Waals surface area (Å²) in [5.74, 6) is 3.35. The number of hydrogen-bond acceptors (Lipinski definition) is 5. The fraction of sp³-hybridized carbons (Fsp3) is 1.00. The maximum absolute atomic E-state index is 11.2. The quantitative estimate of drug-likeness (QED) is 0.469. The third-order valence-electron chi connectivity index (χ3n) is 11.9. The van der Waals surface area contributed by atoms with Crippen molar-refractivity contribution >= 4 is 0 Å². The maximum atomic E-state index is 11.2. The van der Waals surface area contributed by atoms with Crippen LogP contribution >= 0.6 is 0 Å². The molecule has 6 aliphatic rings. The first kappa shape index (κ1) is 26.0. The van der Waals surface area contributed by atoms with Crippen molar-refractivity contribution in [1.82, 2.24) is 0 Å². The first-order chi connectivity index (χ1) is 17.6. The third kappa shape index (κ3) is 4.94. The number of aliphatic hydroxyl groups is 3. The predicted octanol–water partition coefficient (Wildman–Crippen LogP) is 5.09. The molecule has 3 N–H and O–H groups in total. The van der Waals surface area contributed by atoms with Gasteiger partial charge < -0.3 is 24.8 Å². The summed E-state index contributed by atoms with van der Waals surface area (Å²) in [5, 5.41) is 33.4. The van der Waals surface area contributed by atoms with Gasteiger partial charge in [-0.15, -0.1) is 0 Å². The first-order valence-electron chi connectivity index (χ1n) is 15.9. The topological polar surface area (TPSA) is 79.2 Å². The van der Waals surface area contributed by atoms with Crippen molar-refractivity contribution in [2.75, 3.05) is 13.2 Å². The fourth-order valence-corrected chi connectivity index (χ4v) is 10.3. The number of ether oxygens (including phenoxy) is 2. The molecule has 206 valence electrons. The van der Waals surface area contributed by atoms with Crippen molar-refractivity contribution in [2.45, 2.75) is 133 Å². The predicted molar refractivity (Wildman–Crippen MR) is 139 cm³/mol. The van der Waals surface area contributed by atoms with Crippen LogP contribution in [-0.2, 0) is 9.47 Å². The average molecular weight is 505 g/mol. The summed E-state index contributed by atoms with van der Waals surface area (Å²) in [5.41, 5.74) is 0. The number of aliphatic hydroxyl groups excluding tert-OH is 3. The Labute approximate surface area is 218 Å². The van der Waals surface area contributed by atoms with Gasteiger partial charge in [0.25, 0.3) is 0 Å². The molecule has 6 rings (SSSR count). The molecule has 0 radical (unpaired) electrons. The lowest BCUT2D eigenvalue weighted by Crippen LogP contribution is -2.56. The number of rotatable bonds is 6. The van der Waals surface area contributed by atoms with Crippen LogP contribution in [0.3, 0.4) is 0 Å². The zero-order valence-electron chi connectivity index (χ0n) is 22.4. The van der Waals surface area contributed by atoms with E-state index in [9.17, 15) is 15.3 Å². The Morgan fingerprint density at radius 1 is 0.444 bits per heavy atom. The maximum Gasteiger partial charge on any atom is 0.101 e. The molecule has 0 aromatic carbocycles. The molecule has 6 saturated carbocycles. The van der Waals surface area contributed by atoms with Crippen LogP contribution in [0.4, 0.5) is 0 Å². The highest BCUT2D eigenvalue weighted by Crippen LogP contribution is 2.53. The minimum Gasteiger partial charge on any atom is -0.393 e. The van der Waals surface area contributed by atoms with E-state index in [1.54, 1.807) is 0 Å². The van der Waals surface area contributed by atoms with Crippen LogP contribution in [-0.4, -0.2) is 59.1 Å². The van der Waals surface area contributed by atoms with Gasteiger partial charge in [-0.3, -0.25) is 0 Å². The highest BCUT2D eigenvalue weighted by atomic mass is 16.5. The van der Waals surface area contributed by atoms with E-state index in [0.717, 1.165) is 25.7 Å². The SMILES string of the molecule is OC(COC1C2CCCCC2C(O)C2CCCCC21)COC1C2CCCCC2C(O)C2CCCCC21. The van der Waals surface area contributed by atoms with Crippen LogP contribution in [0.1, 0.15) is 103 Å². The second-order valence-electron chi connectivity index (χ2n) is 13.7. The molecule has 0 heterocycles. The molecule has 0 amide bonds. The lowest BCUT2D eigenvalue weighted by atomic mass is 9.57. The summed E-state index contributed by atoms with van der Waals surface area (Å²) >= 11 is 0. The summed E-state index contributed by atoms with van der Waals surface area (Å²) in [6.45, 7) is 0.704. The third-order valence-corrected chi connectivity index (χ3v) is 11.9. The first-order valence-corrected chi connectivity index (χ1v) is 15.9. The normalized spacial score (nSPS) is 49.8. The van der Waals surface area contributed by atoms with Crippen LogP contribution in [0.15, 0.2) is 0 Å². The van der Waals surface area contributed by atoms with E-state index < -0.39 is 6.10 Å². The van der Waals surface area contributed by atoms with E-state index in [1.165, 1.54) is 77.0 Å². The van der Waals surface area contributed by atoms with Gasteiger partial charge >= 0.3 is 0 Å². The van der Waals surface area contributed by atoms with Gasteiger partial charge in [0, 0.05) is 0 Å². The van der Waals surface area contributed by atoms with Gasteiger partial charge in [-0.25, -0.2) is 0 Å². The van der Waals surface area contributed by atoms with Crippen molar-refractivity contribution in [1.29, 1.82) is 0 Å². The van der Waals surface area contributed by atoms with Crippen LogP contribution in [0.5, 0.6) is 0 Å². The molecule has 8 unspecified atom stereocenters. The lowest BCUT2D eigenvalue weighted by Gasteiger charge is -2.54. The Morgan fingerprint density at radius 3 is 0.972 bits per heavy atom. The summed E-state index contributed by atoms with van der Waals surface area (Å²) in [6.07, 6.45) is 18.6. The summed E-state index contributed by atoms with van der Waals surface area (Å²) in [4.78, 5) is 0. The highest BCUT2D eigenvalue weighted by molar-refractivity contribution is 5.02. The van der Waals surface area contributed by atoms with Crippen molar-refractivity contribution < 1.29 is 24.8 Å². The Morgan fingerprint density at radius 2 is 0.694 bits per heavy atom. The molecule has 0 aromatic heterocycles. The zero-order valence-corrected chi connectivity index (χ0v) is 22.4. The smallest absolute Gasteiger partial charge is 0.101 e. The van der Waals surface area contributed by atoms with Crippen LogP contribution in [0.2, 0.25) is 0 Å². The molecular formula is C31H52O5. The minimum absolute atomic E-state index is 0.151. The van der Waals surface area contributed by atoms with Gasteiger partial charge in [-0.05, 0) is 98.7 Å². The largest absolute Gasteiger partial charge is 0.393 e. The van der Waals surface area contributed by atoms with Gasteiger partial charge in [0.2, 0.25) is 0 Å². The van der Waals surface area contributed by atoms with Gasteiger partial charge in [-0.2, -0.15) is 0 Å². The number of fused-ring (bicyclic) bond motifs is 4. The Kier molecular flexibility index (Phi) is 8.32. The minimum atomic E-state index is -0.600. The standard InChI is InChI=1S/C31H52O5/c32-19(17-35-30-24-13-5-1-9-20(24)28(33)21-10-2-6-14-25(21)30)18-36-31-26-15-7-3-11-22(26)29(34)23-12-4-8-16-27(23)31/h19-34H,1-18H2. The van der Waals surface area contributed by atoms with Crippen molar-refractivity contribution in [3.8, 4) is 0 Å². The van der Waals surface area contributed by atoms with E-state index in [-0.39, 0.29) is 24.4 Å². The molecule has 5 heteroatoms. The average Bonchev–Trinajstić information content (AvgIpc) is 2.93. The van der Waals surface area contributed by atoms with Crippen LogP contribution in [0, 0.1) is 47.3 Å². The second-order valence-corrected chi connectivity index (χ2v) is 13.7. The summed E-state index contributed by atoms with van der Waals surface area (Å²) in [6, 6.07) is 0. The van der Waals surface area contributed by atoms with Gasteiger partial charge in [0.05, 0.1) is 37.6 Å². The molecule has 0 spiro atoms. The molecule has 8 atom stereocenters. The molecule has 0 aromatic rings. The van der Waals surface area contributed by atoms with E-state index in [0.29, 0.717) is 60.6 Å². The Bertz CT molecular complexity index is 609. The van der Waals surface area contributed by atoms with E-state index >= 15 is 0 Å². The number of hydrogen-bond donors (Lipinski definition) is 3. The monoisotopic (exact) mass is 504 g/mol. The Hall–Kier alpha value is -0.200. The van der Waals surface area contributed by atoms with E-state index in [4.69, 9.17) is 9.47 Å². The summed E-state index contributed by atoms with van der Waals surface area (Å²) < 4.78 is 13.2. The lowest BCUT2D eigenvalue weighted by molar-refractivity contribution is -0.190. The molecule has 6 aliphatic carbocycles. The molecule has 0 aliphatic heterocycles. The van der Waals surface area contributed by atoms with Crippen LogP contribution < -0.4 is 0 Å². The van der Waals surface area contributed by atoms with Gasteiger partial charge in [-0.1, -0.05) is 51.4 Å². The van der Waals surface area contributed by atoms with Crippen molar-refractivity contribution in [3.05, 3.63) is 0 Å². The van der Waals surface area contributed by atoms with Crippen molar-refractivity contribution in [2.24, 2.45) is 47.3 Å². The molecule has 0 bridgehead atoms. The van der Waals surface area contributed by atoms with E-state index in [2.05, 4.69) is 0 Å². The molecule has 0 saturated heterocycles. The Balaban J connectivity index is 1.08. The molecule has 36 heavy (non-hydrogen) atoms. The van der Waals surface area contributed by atoms with Gasteiger partial charge in [0.1, 0.15) is 6.10 Å². The summed E-state index contributed by atoms with van der Waals surface area (Å²) in [7, 11) is 0.